The lowest BCUT2D eigenvalue weighted by atomic mass is 9.69. The molecule has 4 aliphatic rings. The molecule has 0 aromatic carbocycles. The molecule has 0 bridgehead atoms. The van der Waals surface area contributed by atoms with Crippen LogP contribution in [-0.2, 0) is 23.7 Å². The van der Waals surface area contributed by atoms with E-state index in [2.05, 4.69) is 0 Å². The maximum Gasteiger partial charge on any atom is 0.266 e. The molecule has 2 aliphatic heterocycles. The van der Waals surface area contributed by atoms with Gasteiger partial charge in [-0.2, -0.15) is 8.78 Å². The first-order chi connectivity index (χ1) is 16.1. The highest BCUT2D eigenvalue weighted by atomic mass is 19.3. The molecule has 0 radical (unpaired) electrons. The van der Waals surface area contributed by atoms with Gasteiger partial charge in [0.05, 0.1) is 39.0 Å². The van der Waals surface area contributed by atoms with Crippen molar-refractivity contribution in [2.75, 3.05) is 33.0 Å². The Morgan fingerprint density at radius 1 is 0.727 bits per heavy atom. The summed E-state index contributed by atoms with van der Waals surface area (Å²) in [6, 6.07) is 0. The van der Waals surface area contributed by atoms with Crippen molar-refractivity contribution in [2.24, 2.45) is 29.6 Å². The van der Waals surface area contributed by atoms with Crippen molar-refractivity contribution in [1.82, 2.24) is 0 Å². The van der Waals surface area contributed by atoms with Crippen LogP contribution >= 0.6 is 0 Å². The Kier molecular flexibility index (Phi) is 9.74. The molecule has 4 fully saturated rings. The molecule has 0 aromatic heterocycles. The van der Waals surface area contributed by atoms with Crippen LogP contribution in [0.25, 0.3) is 0 Å². The van der Waals surface area contributed by atoms with Crippen LogP contribution in [0.4, 0.5) is 8.78 Å². The molecule has 0 aromatic rings. The van der Waals surface area contributed by atoms with Gasteiger partial charge < -0.3 is 23.7 Å². The summed E-state index contributed by atoms with van der Waals surface area (Å²) in [5.74, 6) is 2.03. The minimum atomic E-state index is -1.52. The second kappa shape index (κ2) is 12.7. The topological polar surface area (TPSA) is 46.2 Å². The summed E-state index contributed by atoms with van der Waals surface area (Å²) in [4.78, 5) is 0. The predicted octanol–water partition coefficient (Wildman–Crippen LogP) is 5.70. The van der Waals surface area contributed by atoms with Crippen LogP contribution < -0.4 is 0 Å². The average Bonchev–Trinajstić information content (AvgIpc) is 2.85. The second-order valence-electron chi connectivity index (χ2n) is 10.2. The molecule has 188 valence electrons. The zero-order valence-corrected chi connectivity index (χ0v) is 19.8. The van der Waals surface area contributed by atoms with Gasteiger partial charge in [0, 0.05) is 5.92 Å². The summed E-state index contributed by atoms with van der Waals surface area (Å²) in [7, 11) is 0. The molecular formula is C26H40F2O5. The number of ether oxygens (including phenoxy) is 5. The van der Waals surface area contributed by atoms with Crippen molar-refractivity contribution in [3.63, 3.8) is 0 Å². The van der Waals surface area contributed by atoms with Crippen molar-refractivity contribution in [3.05, 3.63) is 24.3 Å². The third-order valence-electron chi connectivity index (χ3n) is 7.94. The van der Waals surface area contributed by atoms with E-state index in [0.29, 0.717) is 44.9 Å². The second-order valence-corrected chi connectivity index (χ2v) is 10.2. The molecule has 0 N–H and O–H groups in total. The Hall–Kier alpha value is -0.860. The van der Waals surface area contributed by atoms with E-state index in [1.54, 1.807) is 0 Å². The van der Waals surface area contributed by atoms with Gasteiger partial charge in [-0.3, -0.25) is 0 Å². The highest BCUT2D eigenvalue weighted by Crippen LogP contribution is 2.43. The van der Waals surface area contributed by atoms with Crippen LogP contribution in [0.1, 0.15) is 58.3 Å². The molecule has 0 atom stereocenters. The van der Waals surface area contributed by atoms with Crippen molar-refractivity contribution >= 4 is 0 Å². The largest absolute Gasteiger partial charge is 0.369 e. The molecule has 2 saturated carbocycles. The van der Waals surface area contributed by atoms with E-state index in [0.717, 1.165) is 44.4 Å². The van der Waals surface area contributed by atoms with E-state index in [1.807, 2.05) is 19.1 Å². The number of hydrogen-bond donors (Lipinski definition) is 0. The minimum Gasteiger partial charge on any atom is -0.369 e. The van der Waals surface area contributed by atoms with Gasteiger partial charge >= 0.3 is 0 Å². The Morgan fingerprint density at radius 3 is 1.82 bits per heavy atom. The Labute approximate surface area is 196 Å². The third kappa shape index (κ3) is 7.31. The van der Waals surface area contributed by atoms with Crippen LogP contribution in [0.5, 0.6) is 0 Å². The van der Waals surface area contributed by atoms with Crippen LogP contribution in [0.2, 0.25) is 0 Å². The molecule has 2 heterocycles. The zero-order valence-electron chi connectivity index (χ0n) is 19.8. The van der Waals surface area contributed by atoms with Gasteiger partial charge in [-0.15, -0.1) is 0 Å². The molecular weight excluding hydrogens is 430 g/mol. The van der Waals surface area contributed by atoms with E-state index in [9.17, 15) is 8.78 Å². The van der Waals surface area contributed by atoms with Gasteiger partial charge in [-0.05, 0) is 82.1 Å². The normalized spacial score (nSPS) is 40.6. The molecule has 2 saturated heterocycles. The molecule has 5 nitrogen and oxygen atoms in total. The standard InChI is InChI=1S/C26H40F2O5/c1-2-3-12-29-23-16-32-26(33-17-23)22-14-30-25(31-15-22)21-10-8-20(9-11-21)19-6-4-18(5-7-19)13-24(27)28/h2-3,13,18-23,25-26H,4-12,14-17H2,1H3. The van der Waals surface area contributed by atoms with Crippen LogP contribution in [0.15, 0.2) is 24.3 Å². The fraction of sp³-hybridized carbons (Fsp3) is 0.846. The lowest BCUT2D eigenvalue weighted by Gasteiger charge is -2.42. The summed E-state index contributed by atoms with van der Waals surface area (Å²) in [5, 5.41) is 0. The summed E-state index contributed by atoms with van der Waals surface area (Å²) in [6.07, 6.45) is 11.8. The first kappa shape index (κ1) is 25.2. The van der Waals surface area contributed by atoms with Gasteiger partial charge in [-0.25, -0.2) is 0 Å². The quantitative estimate of drug-likeness (QED) is 0.447. The Balaban J connectivity index is 1.12. The van der Waals surface area contributed by atoms with E-state index < -0.39 is 6.08 Å². The van der Waals surface area contributed by atoms with Crippen molar-refractivity contribution in [1.29, 1.82) is 0 Å². The van der Waals surface area contributed by atoms with Crippen molar-refractivity contribution < 1.29 is 32.5 Å². The molecule has 0 spiro atoms. The van der Waals surface area contributed by atoms with E-state index >= 15 is 0 Å². The molecule has 33 heavy (non-hydrogen) atoms. The van der Waals surface area contributed by atoms with Gasteiger partial charge in [0.25, 0.3) is 6.08 Å². The van der Waals surface area contributed by atoms with E-state index in [-0.39, 0.29) is 30.5 Å². The smallest absolute Gasteiger partial charge is 0.266 e. The van der Waals surface area contributed by atoms with Crippen molar-refractivity contribution in [3.8, 4) is 0 Å². The average molecular weight is 471 g/mol. The fourth-order valence-electron chi connectivity index (χ4n) is 5.97. The number of allylic oxidation sites excluding steroid dienone is 2. The first-order valence-electron chi connectivity index (χ1n) is 12.8. The summed E-state index contributed by atoms with van der Waals surface area (Å²) < 4.78 is 54.7. The van der Waals surface area contributed by atoms with Gasteiger partial charge in [0.1, 0.15) is 6.10 Å². The maximum absolute atomic E-state index is 12.5. The summed E-state index contributed by atoms with van der Waals surface area (Å²) in [6.45, 7) is 4.82. The molecule has 0 amide bonds. The summed E-state index contributed by atoms with van der Waals surface area (Å²) in [5.41, 5.74) is 0. The highest BCUT2D eigenvalue weighted by molar-refractivity contribution is 4.92. The Morgan fingerprint density at radius 2 is 1.24 bits per heavy atom. The molecule has 4 rings (SSSR count). The number of rotatable bonds is 7. The Bertz CT molecular complexity index is 621. The monoisotopic (exact) mass is 470 g/mol. The molecule has 7 heteroatoms. The first-order valence-corrected chi connectivity index (χ1v) is 12.8. The molecule has 2 aliphatic carbocycles. The fourth-order valence-corrected chi connectivity index (χ4v) is 5.97. The zero-order chi connectivity index (χ0) is 23.0. The van der Waals surface area contributed by atoms with Gasteiger partial charge in [0.2, 0.25) is 0 Å². The van der Waals surface area contributed by atoms with E-state index in [4.69, 9.17) is 23.7 Å². The van der Waals surface area contributed by atoms with Gasteiger partial charge in [0.15, 0.2) is 12.6 Å². The lowest BCUT2D eigenvalue weighted by molar-refractivity contribution is -0.298. The highest BCUT2D eigenvalue weighted by Gasteiger charge is 2.38. The number of halogens is 2. The van der Waals surface area contributed by atoms with E-state index in [1.165, 1.54) is 18.9 Å². The number of hydrogen-bond acceptors (Lipinski definition) is 5. The third-order valence-corrected chi connectivity index (χ3v) is 7.94. The van der Waals surface area contributed by atoms with Crippen LogP contribution in [-0.4, -0.2) is 51.7 Å². The molecule has 0 unspecified atom stereocenters. The summed E-state index contributed by atoms with van der Waals surface area (Å²) >= 11 is 0. The van der Waals surface area contributed by atoms with Gasteiger partial charge in [-0.1, -0.05) is 12.2 Å². The van der Waals surface area contributed by atoms with Crippen LogP contribution in [0, 0.1) is 29.6 Å². The lowest BCUT2D eigenvalue weighted by Crippen LogP contribution is -2.48. The SMILES string of the molecule is CC=CCOC1COC(C2COC(C3CCC(C4CCC(C=C(F)F)CC4)CC3)OC2)OC1. The van der Waals surface area contributed by atoms with Crippen LogP contribution in [0.3, 0.4) is 0 Å². The maximum atomic E-state index is 12.5. The predicted molar refractivity (Wildman–Crippen MR) is 121 cm³/mol. The minimum absolute atomic E-state index is 0.0258. The van der Waals surface area contributed by atoms with Crippen molar-refractivity contribution in [2.45, 2.75) is 77.0 Å².